The molecule has 6 aromatic carbocycles. The molecule has 54 heavy (non-hydrogen) atoms. The average Bonchev–Trinajstić information content (AvgIpc) is 3.19. The molecule has 0 bridgehead atoms. The van der Waals surface area contributed by atoms with E-state index >= 15 is 0 Å². The number of sulfone groups is 1. The molecule has 0 amide bonds. The van der Waals surface area contributed by atoms with Crippen LogP contribution in [0.3, 0.4) is 0 Å². The normalized spacial score (nSPS) is 11.2. The van der Waals surface area contributed by atoms with E-state index in [2.05, 4.69) is 12.1 Å². The molecule has 15 heteroatoms. The Morgan fingerprint density at radius 1 is 0.481 bits per heavy atom. The summed E-state index contributed by atoms with van der Waals surface area (Å²) >= 11 is 1.73. The van der Waals surface area contributed by atoms with Crippen LogP contribution in [0, 0.1) is 0 Å². The van der Waals surface area contributed by atoms with Crippen LogP contribution in [0.25, 0.3) is 0 Å². The van der Waals surface area contributed by atoms with Gasteiger partial charge in [0, 0.05) is 15.5 Å². The SMILES string of the molecule is O=S(=O)(Cc1ccccc1)c1ccc(B(O)O)cc1.O=S(Cc1ccccc1)c1ccc(B(O)O)cc1.OB(O)c1ccc(SCc2ccccc2)cc1. The maximum Gasteiger partial charge on any atom is 0.488 e. The molecule has 1 unspecified atom stereocenters. The Balaban J connectivity index is 0.000000181. The molecular formula is C39H39B3O9S3. The van der Waals surface area contributed by atoms with E-state index in [4.69, 9.17) is 30.1 Å². The molecule has 0 fully saturated rings. The Morgan fingerprint density at radius 2 is 0.870 bits per heavy atom. The van der Waals surface area contributed by atoms with Crippen molar-refractivity contribution in [2.75, 3.05) is 0 Å². The zero-order valence-electron chi connectivity index (χ0n) is 29.1. The van der Waals surface area contributed by atoms with E-state index in [1.165, 1.54) is 29.8 Å². The number of benzene rings is 6. The summed E-state index contributed by atoms with van der Waals surface area (Å²) in [6.07, 6.45) is 0. The van der Waals surface area contributed by atoms with Crippen LogP contribution in [-0.4, -0.2) is 64.1 Å². The quantitative estimate of drug-likeness (QED) is 0.0802. The fraction of sp³-hybridized carbons (Fsp3) is 0.0769. The summed E-state index contributed by atoms with van der Waals surface area (Å²) in [5.41, 5.74) is 4.20. The lowest BCUT2D eigenvalue weighted by Gasteiger charge is -2.06. The first-order valence-corrected chi connectivity index (χ1v) is 20.6. The van der Waals surface area contributed by atoms with Crippen molar-refractivity contribution >= 4 is 70.1 Å². The first-order valence-electron chi connectivity index (χ1n) is 16.7. The van der Waals surface area contributed by atoms with Crippen molar-refractivity contribution in [1.82, 2.24) is 0 Å². The zero-order chi connectivity index (χ0) is 38.9. The van der Waals surface area contributed by atoms with Gasteiger partial charge in [-0.1, -0.05) is 127 Å². The number of hydrogen-bond donors (Lipinski definition) is 6. The fourth-order valence-electron chi connectivity index (χ4n) is 4.80. The molecular weight excluding hydrogens is 741 g/mol. The summed E-state index contributed by atoms with van der Waals surface area (Å²) < 4.78 is 36.4. The largest absolute Gasteiger partial charge is 0.488 e. The third kappa shape index (κ3) is 14.2. The van der Waals surface area contributed by atoms with Gasteiger partial charge in [0.05, 0.1) is 27.2 Å². The summed E-state index contributed by atoms with van der Waals surface area (Å²) in [4.78, 5) is 1.97. The van der Waals surface area contributed by atoms with Crippen LogP contribution in [0.5, 0.6) is 0 Å². The first-order chi connectivity index (χ1) is 25.9. The van der Waals surface area contributed by atoms with Crippen molar-refractivity contribution < 1.29 is 42.8 Å². The minimum atomic E-state index is -3.42. The summed E-state index contributed by atoms with van der Waals surface area (Å²) in [5.74, 6) is 1.30. The van der Waals surface area contributed by atoms with Crippen LogP contribution in [0.2, 0.25) is 0 Å². The molecule has 6 rings (SSSR count). The summed E-state index contributed by atoms with van der Waals surface area (Å²) in [7, 11) is -9.00. The van der Waals surface area contributed by atoms with Crippen LogP contribution < -0.4 is 16.4 Å². The topological polar surface area (TPSA) is 173 Å². The van der Waals surface area contributed by atoms with Gasteiger partial charge in [-0.05, 0) is 69.5 Å². The van der Waals surface area contributed by atoms with Gasteiger partial charge in [0.1, 0.15) is 0 Å². The predicted molar refractivity (Wildman–Crippen MR) is 219 cm³/mol. The van der Waals surface area contributed by atoms with Crippen LogP contribution in [0.4, 0.5) is 0 Å². The van der Waals surface area contributed by atoms with E-state index in [1.807, 2.05) is 66.7 Å². The highest BCUT2D eigenvalue weighted by Gasteiger charge is 2.17. The third-order valence-corrected chi connectivity index (χ3v) is 11.9. The second-order valence-electron chi connectivity index (χ2n) is 11.8. The maximum atomic E-state index is 12.2. The highest BCUT2D eigenvalue weighted by Crippen LogP contribution is 2.21. The molecule has 0 aliphatic carbocycles. The Hall–Kier alpha value is -4.28. The molecule has 0 saturated carbocycles. The minimum absolute atomic E-state index is 0.0745. The summed E-state index contributed by atoms with van der Waals surface area (Å²) in [5, 5.41) is 53.8. The van der Waals surface area contributed by atoms with Gasteiger partial charge in [-0.15, -0.1) is 11.8 Å². The molecule has 0 saturated heterocycles. The van der Waals surface area contributed by atoms with E-state index in [-0.39, 0.29) is 16.1 Å². The van der Waals surface area contributed by atoms with Gasteiger partial charge in [-0.3, -0.25) is 4.21 Å². The molecule has 9 nitrogen and oxygen atoms in total. The zero-order valence-corrected chi connectivity index (χ0v) is 31.5. The van der Waals surface area contributed by atoms with E-state index in [9.17, 15) is 12.6 Å². The number of hydrogen-bond acceptors (Lipinski definition) is 10. The van der Waals surface area contributed by atoms with Crippen LogP contribution in [0.1, 0.15) is 16.7 Å². The molecule has 0 heterocycles. The highest BCUT2D eigenvalue weighted by molar-refractivity contribution is 7.98. The van der Waals surface area contributed by atoms with Crippen LogP contribution >= 0.6 is 11.8 Å². The molecule has 0 spiro atoms. The molecule has 0 radical (unpaired) electrons. The van der Waals surface area contributed by atoms with Gasteiger partial charge >= 0.3 is 21.4 Å². The second kappa shape index (κ2) is 21.6. The lowest BCUT2D eigenvalue weighted by molar-refractivity contribution is 0.424. The molecule has 0 aromatic heterocycles. The van der Waals surface area contributed by atoms with Crippen molar-refractivity contribution in [2.24, 2.45) is 0 Å². The van der Waals surface area contributed by atoms with Crippen molar-refractivity contribution in [3.05, 3.63) is 180 Å². The van der Waals surface area contributed by atoms with Gasteiger partial charge in [0.2, 0.25) is 0 Å². The Morgan fingerprint density at radius 3 is 1.31 bits per heavy atom. The Kier molecular flexibility index (Phi) is 17.0. The average molecular weight is 780 g/mol. The van der Waals surface area contributed by atoms with Crippen molar-refractivity contribution in [2.45, 2.75) is 31.9 Å². The standard InChI is InChI=1S/C13H13BO4S.C13H13BO3S.C13H13BO2S/c15-14(16)12-6-8-13(9-7-12)19(17,18)10-11-4-2-1-3-5-11;15-14(16)12-6-8-13(9-7-12)18(17)10-11-4-2-1-3-5-11;15-14(16)12-6-8-13(9-7-12)17-10-11-4-2-1-3-5-11/h1-9,15-16H,10H2;1-9,15-16H,10H2;1-9,15-16H,10H2. The summed E-state index contributed by atoms with van der Waals surface area (Å²) in [6, 6.07) is 48.1. The lowest BCUT2D eigenvalue weighted by Crippen LogP contribution is -2.29. The molecule has 6 N–H and O–H groups in total. The van der Waals surface area contributed by atoms with E-state index < -0.39 is 42.0 Å². The molecule has 276 valence electrons. The Bertz CT molecular complexity index is 2110. The fourth-order valence-corrected chi connectivity index (χ4v) is 8.11. The first kappa shape index (κ1) is 42.5. The monoisotopic (exact) mass is 780 g/mol. The molecule has 0 aliphatic rings. The lowest BCUT2D eigenvalue weighted by atomic mass is 9.81. The minimum Gasteiger partial charge on any atom is -0.423 e. The Labute approximate surface area is 323 Å². The highest BCUT2D eigenvalue weighted by atomic mass is 32.2. The van der Waals surface area contributed by atoms with Crippen LogP contribution in [0.15, 0.2) is 178 Å². The summed E-state index contributed by atoms with van der Waals surface area (Å²) in [6.45, 7) is 0. The van der Waals surface area contributed by atoms with Gasteiger partial charge in [0.25, 0.3) is 0 Å². The smallest absolute Gasteiger partial charge is 0.423 e. The van der Waals surface area contributed by atoms with Crippen molar-refractivity contribution in [3.63, 3.8) is 0 Å². The molecule has 0 aliphatic heterocycles. The molecule has 1 atom stereocenters. The van der Waals surface area contributed by atoms with E-state index in [0.717, 1.165) is 16.2 Å². The second-order valence-corrected chi connectivity index (χ2v) is 16.3. The van der Waals surface area contributed by atoms with Gasteiger partial charge in [-0.25, -0.2) is 8.42 Å². The van der Waals surface area contributed by atoms with Crippen molar-refractivity contribution in [1.29, 1.82) is 0 Å². The maximum absolute atomic E-state index is 12.2. The van der Waals surface area contributed by atoms with E-state index in [0.29, 0.717) is 27.1 Å². The number of thioether (sulfide) groups is 1. The van der Waals surface area contributed by atoms with Gasteiger partial charge < -0.3 is 30.1 Å². The predicted octanol–water partition coefficient (Wildman–Crippen LogP) is 2.67. The number of rotatable bonds is 12. The van der Waals surface area contributed by atoms with Gasteiger partial charge in [-0.2, -0.15) is 0 Å². The molecule has 6 aromatic rings. The van der Waals surface area contributed by atoms with Gasteiger partial charge in [0.15, 0.2) is 9.84 Å². The van der Waals surface area contributed by atoms with E-state index in [1.54, 1.807) is 72.4 Å². The third-order valence-electron chi connectivity index (χ3n) is 7.75. The van der Waals surface area contributed by atoms with Crippen LogP contribution in [-0.2, 0) is 37.9 Å². The van der Waals surface area contributed by atoms with Crippen molar-refractivity contribution in [3.8, 4) is 0 Å².